The van der Waals surface area contributed by atoms with E-state index >= 15 is 0 Å². The fraction of sp³-hybridized carbons (Fsp3) is 0.320. The predicted octanol–water partition coefficient (Wildman–Crippen LogP) is 3.91. The molecule has 10 heteroatoms. The molecule has 1 fully saturated rings. The molecule has 1 aromatic carbocycles. The monoisotopic (exact) mass is 490 g/mol. The number of nitrogens with zero attached hydrogens (tertiary/aromatic N) is 6. The van der Waals surface area contributed by atoms with Gasteiger partial charge in [0.2, 0.25) is 5.91 Å². The number of carbonyl (C=O) groups is 1. The molecular formula is C25H23FN6O2S. The number of rotatable bonds is 4. The van der Waals surface area contributed by atoms with Crippen molar-refractivity contribution in [1.29, 1.82) is 0 Å². The minimum atomic E-state index is -0.346. The molecular weight excluding hydrogens is 467 g/mol. The second-order valence-electron chi connectivity index (χ2n) is 8.89. The number of aromatic nitrogens is 5. The third kappa shape index (κ3) is 3.91. The first kappa shape index (κ1) is 22.0. The van der Waals surface area contributed by atoms with Gasteiger partial charge in [0.05, 0.1) is 24.0 Å². The fourth-order valence-corrected chi connectivity index (χ4v) is 6.15. The Labute approximate surface area is 204 Å². The molecule has 0 N–H and O–H groups in total. The van der Waals surface area contributed by atoms with E-state index in [1.807, 2.05) is 23.2 Å². The molecule has 3 aromatic heterocycles. The molecule has 1 amide bonds. The van der Waals surface area contributed by atoms with Crippen LogP contribution in [0.1, 0.15) is 43.3 Å². The first-order valence-electron chi connectivity index (χ1n) is 11.7. The van der Waals surface area contributed by atoms with Gasteiger partial charge in [0.25, 0.3) is 5.56 Å². The topological polar surface area (TPSA) is 85.9 Å². The second-order valence-corrected chi connectivity index (χ2v) is 9.88. The number of piperidine rings is 1. The summed E-state index contributed by atoms with van der Waals surface area (Å²) in [4.78, 5) is 37.8. The number of fused-ring (bicyclic) bond motifs is 2. The molecule has 0 spiro atoms. The fourth-order valence-electron chi connectivity index (χ4n) is 5.02. The lowest BCUT2D eigenvalue weighted by Crippen LogP contribution is -2.40. The smallest absolute Gasteiger partial charge is 0.265 e. The molecule has 35 heavy (non-hydrogen) atoms. The van der Waals surface area contributed by atoms with E-state index in [1.54, 1.807) is 27.6 Å². The minimum Gasteiger partial charge on any atom is -0.336 e. The van der Waals surface area contributed by atoms with E-state index < -0.39 is 0 Å². The second kappa shape index (κ2) is 8.92. The van der Waals surface area contributed by atoms with Crippen LogP contribution in [0.25, 0.3) is 16.7 Å². The van der Waals surface area contributed by atoms with Crippen LogP contribution in [0.2, 0.25) is 0 Å². The van der Waals surface area contributed by atoms with Crippen molar-refractivity contribution >= 4 is 28.7 Å². The van der Waals surface area contributed by atoms with Gasteiger partial charge >= 0.3 is 0 Å². The van der Waals surface area contributed by atoms with Crippen molar-refractivity contribution in [2.24, 2.45) is 0 Å². The van der Waals surface area contributed by atoms with Crippen LogP contribution in [-0.2, 0) is 4.79 Å². The third-order valence-electron chi connectivity index (χ3n) is 6.74. The highest BCUT2D eigenvalue weighted by atomic mass is 32.2. The summed E-state index contributed by atoms with van der Waals surface area (Å²) in [7, 11) is 0. The summed E-state index contributed by atoms with van der Waals surface area (Å²) in [6.45, 7) is 0.710. The molecule has 2 unspecified atom stereocenters. The molecule has 5 heterocycles. The van der Waals surface area contributed by atoms with Crippen LogP contribution in [0.5, 0.6) is 0 Å². The molecule has 1 saturated heterocycles. The largest absolute Gasteiger partial charge is 0.336 e. The average molecular weight is 491 g/mol. The summed E-state index contributed by atoms with van der Waals surface area (Å²) >= 11 is 1.47. The summed E-state index contributed by atoms with van der Waals surface area (Å²) in [6.07, 6.45) is 8.28. The van der Waals surface area contributed by atoms with Gasteiger partial charge in [-0.3, -0.25) is 19.1 Å². The van der Waals surface area contributed by atoms with Gasteiger partial charge < -0.3 is 4.90 Å². The average Bonchev–Trinajstić information content (AvgIpc) is 3.50. The van der Waals surface area contributed by atoms with Crippen LogP contribution in [0.15, 0.2) is 64.9 Å². The first-order chi connectivity index (χ1) is 17.1. The quantitative estimate of drug-likeness (QED) is 0.403. The van der Waals surface area contributed by atoms with Crippen LogP contribution in [0, 0.1) is 5.82 Å². The summed E-state index contributed by atoms with van der Waals surface area (Å²) in [5.41, 5.74) is 1.90. The maximum absolute atomic E-state index is 13.5. The SMILES string of the molecule is O=C(CC1CSc2nc3c(cnn3-c3ccc(F)cc3)c(=O)n21)N1CCCCC1c1cccnc1. The Morgan fingerprint density at radius 3 is 2.80 bits per heavy atom. The first-order valence-corrected chi connectivity index (χ1v) is 12.7. The maximum atomic E-state index is 13.5. The Balaban J connectivity index is 1.29. The Hall–Kier alpha value is -3.53. The van der Waals surface area contributed by atoms with Crippen molar-refractivity contribution in [3.63, 3.8) is 0 Å². The summed E-state index contributed by atoms with van der Waals surface area (Å²) < 4.78 is 16.5. The van der Waals surface area contributed by atoms with Gasteiger partial charge in [-0.15, -0.1) is 0 Å². The van der Waals surface area contributed by atoms with Gasteiger partial charge in [0.15, 0.2) is 10.8 Å². The number of amides is 1. The highest BCUT2D eigenvalue weighted by Crippen LogP contribution is 2.36. The van der Waals surface area contributed by atoms with Crippen molar-refractivity contribution < 1.29 is 9.18 Å². The molecule has 0 radical (unpaired) electrons. The summed E-state index contributed by atoms with van der Waals surface area (Å²) in [5.74, 6) is 0.309. The number of likely N-dealkylation sites (tertiary alicyclic amines) is 1. The molecule has 178 valence electrons. The van der Waals surface area contributed by atoms with Crippen LogP contribution in [-0.4, -0.2) is 47.4 Å². The number of carbonyl (C=O) groups excluding carboxylic acids is 1. The molecule has 4 aromatic rings. The molecule has 2 atom stereocenters. The summed E-state index contributed by atoms with van der Waals surface area (Å²) in [6, 6.07) is 9.56. The third-order valence-corrected chi connectivity index (χ3v) is 7.84. The Morgan fingerprint density at radius 2 is 2.00 bits per heavy atom. The number of benzene rings is 1. The Bertz CT molecular complexity index is 1450. The molecule has 6 rings (SSSR count). The van der Waals surface area contributed by atoms with Gasteiger partial charge in [0.1, 0.15) is 11.2 Å². The molecule has 0 aliphatic carbocycles. The highest BCUT2D eigenvalue weighted by Gasteiger charge is 2.34. The van der Waals surface area contributed by atoms with Crippen LogP contribution < -0.4 is 5.56 Å². The molecule has 8 nitrogen and oxygen atoms in total. The van der Waals surface area contributed by atoms with Gasteiger partial charge in [-0.25, -0.2) is 14.1 Å². The van der Waals surface area contributed by atoms with E-state index in [1.165, 1.54) is 30.1 Å². The van der Waals surface area contributed by atoms with Crippen molar-refractivity contribution in [2.75, 3.05) is 12.3 Å². The lowest BCUT2D eigenvalue weighted by Gasteiger charge is -2.36. The number of thioether (sulfide) groups is 1. The lowest BCUT2D eigenvalue weighted by molar-refractivity contribution is -0.135. The van der Waals surface area contributed by atoms with Gasteiger partial charge in [-0.1, -0.05) is 17.8 Å². The van der Waals surface area contributed by atoms with Crippen molar-refractivity contribution in [1.82, 2.24) is 29.2 Å². The molecule has 0 bridgehead atoms. The minimum absolute atomic E-state index is 0.0183. The predicted molar refractivity (Wildman–Crippen MR) is 130 cm³/mol. The van der Waals surface area contributed by atoms with E-state index in [0.29, 0.717) is 34.2 Å². The van der Waals surface area contributed by atoms with Crippen LogP contribution in [0.4, 0.5) is 4.39 Å². The molecule has 2 aliphatic heterocycles. The van der Waals surface area contributed by atoms with E-state index in [2.05, 4.69) is 10.1 Å². The zero-order valence-corrected chi connectivity index (χ0v) is 19.7. The van der Waals surface area contributed by atoms with Gasteiger partial charge in [0, 0.05) is 31.1 Å². The molecule has 0 saturated carbocycles. The summed E-state index contributed by atoms with van der Waals surface area (Å²) in [5, 5.41) is 5.28. The number of halogens is 1. The normalized spacial score (nSPS) is 19.7. The van der Waals surface area contributed by atoms with Gasteiger partial charge in [-0.05, 0) is 55.2 Å². The Morgan fingerprint density at radius 1 is 1.14 bits per heavy atom. The Kier molecular flexibility index (Phi) is 5.60. The zero-order valence-electron chi connectivity index (χ0n) is 18.9. The number of pyridine rings is 1. The standard InChI is InChI=1S/C25H23FN6O2S/c26-17-6-8-18(9-7-17)32-23-20(14-28-32)24(34)31-19(15-35-25(31)29-23)12-22(33)30-11-2-1-5-21(30)16-4-3-10-27-13-16/h3-4,6-10,13-14,19,21H,1-2,5,11-12,15H2. The van der Waals surface area contributed by atoms with Crippen LogP contribution in [0.3, 0.4) is 0 Å². The molecule has 2 aliphatic rings. The van der Waals surface area contributed by atoms with Crippen molar-refractivity contribution in [2.45, 2.75) is 42.9 Å². The maximum Gasteiger partial charge on any atom is 0.265 e. The lowest BCUT2D eigenvalue weighted by atomic mass is 9.95. The van der Waals surface area contributed by atoms with Crippen LogP contribution >= 0.6 is 11.8 Å². The van der Waals surface area contributed by atoms with Crippen molar-refractivity contribution in [3.8, 4) is 5.69 Å². The highest BCUT2D eigenvalue weighted by molar-refractivity contribution is 7.99. The van der Waals surface area contributed by atoms with E-state index in [9.17, 15) is 14.0 Å². The van der Waals surface area contributed by atoms with Crippen molar-refractivity contribution in [3.05, 3.63) is 76.7 Å². The van der Waals surface area contributed by atoms with E-state index in [-0.39, 0.29) is 35.8 Å². The van der Waals surface area contributed by atoms with Gasteiger partial charge in [-0.2, -0.15) is 5.10 Å². The van der Waals surface area contributed by atoms with E-state index in [4.69, 9.17) is 4.98 Å². The van der Waals surface area contributed by atoms with E-state index in [0.717, 1.165) is 24.8 Å². The number of hydrogen-bond acceptors (Lipinski definition) is 6. The zero-order chi connectivity index (χ0) is 23.9. The number of hydrogen-bond donors (Lipinski definition) is 0.